The first-order valence-corrected chi connectivity index (χ1v) is 11.4. The van der Waals surface area contributed by atoms with Crippen LogP contribution in [0.5, 0.6) is 5.75 Å². The molecule has 1 unspecified atom stereocenters. The lowest BCUT2D eigenvalue weighted by Gasteiger charge is -2.25. The molecule has 174 valence electrons. The number of aliphatic hydroxyl groups excluding tert-OH is 1. The Morgan fingerprint density at radius 1 is 1.06 bits per heavy atom. The first kappa shape index (κ1) is 23.5. The molecule has 1 fully saturated rings. The smallest absolute Gasteiger partial charge is 0.300 e. The highest BCUT2D eigenvalue weighted by atomic mass is 35.5. The van der Waals surface area contributed by atoms with Crippen molar-refractivity contribution in [1.29, 1.82) is 0 Å². The number of nitrogens with zero attached hydrogens (tertiary/aromatic N) is 2. The Labute approximate surface area is 203 Å². The predicted molar refractivity (Wildman–Crippen MR) is 132 cm³/mol. The van der Waals surface area contributed by atoms with Gasteiger partial charge in [-0.2, -0.15) is 0 Å². The highest BCUT2D eigenvalue weighted by Gasteiger charge is 2.47. The standard InChI is InChI=1S/C27H25ClN2O4/c1-4-13-34-22-8-6-19(14-17(22)3)25(31)23-24(18-9-11-29-12-10-18)30(27(33)26(23)32)20-7-5-16(2)21(28)15-20/h5-12,14-15,24,31H,4,13H2,1-3H3/b25-23+. The Kier molecular flexibility index (Phi) is 6.70. The number of ether oxygens (including phenoxy) is 1. The van der Waals surface area contributed by atoms with Crippen LogP contribution in [-0.4, -0.2) is 28.4 Å². The van der Waals surface area contributed by atoms with Crippen molar-refractivity contribution in [1.82, 2.24) is 4.98 Å². The molecule has 34 heavy (non-hydrogen) atoms. The maximum Gasteiger partial charge on any atom is 0.300 e. The van der Waals surface area contributed by atoms with Crippen LogP contribution in [0.15, 0.2) is 66.5 Å². The average molecular weight is 477 g/mol. The molecule has 4 rings (SSSR count). The van der Waals surface area contributed by atoms with E-state index in [1.54, 1.807) is 60.9 Å². The van der Waals surface area contributed by atoms with Crippen molar-refractivity contribution in [3.8, 4) is 5.75 Å². The Bertz CT molecular complexity index is 1290. The second kappa shape index (κ2) is 9.69. The molecule has 2 aromatic carbocycles. The maximum atomic E-state index is 13.3. The average Bonchev–Trinajstić information content (AvgIpc) is 3.10. The number of carbonyl (C=O) groups excluding carboxylic acids is 2. The lowest BCUT2D eigenvalue weighted by Crippen LogP contribution is -2.29. The number of anilines is 1. The molecule has 0 radical (unpaired) electrons. The van der Waals surface area contributed by atoms with E-state index >= 15 is 0 Å². The molecule has 1 amide bonds. The Hall–Kier alpha value is -3.64. The second-order valence-corrected chi connectivity index (χ2v) is 8.62. The monoisotopic (exact) mass is 476 g/mol. The summed E-state index contributed by atoms with van der Waals surface area (Å²) in [6.07, 6.45) is 4.04. The summed E-state index contributed by atoms with van der Waals surface area (Å²) in [4.78, 5) is 31.9. The van der Waals surface area contributed by atoms with E-state index in [4.69, 9.17) is 16.3 Å². The topological polar surface area (TPSA) is 79.7 Å². The zero-order chi connectivity index (χ0) is 24.4. The third kappa shape index (κ3) is 4.29. The zero-order valence-corrected chi connectivity index (χ0v) is 20.0. The number of pyridine rings is 1. The largest absolute Gasteiger partial charge is 0.507 e. The lowest BCUT2D eigenvalue weighted by molar-refractivity contribution is -0.132. The van der Waals surface area contributed by atoms with Gasteiger partial charge in [-0.15, -0.1) is 0 Å². The van der Waals surface area contributed by atoms with Crippen LogP contribution < -0.4 is 9.64 Å². The van der Waals surface area contributed by atoms with E-state index in [1.165, 1.54) is 4.90 Å². The van der Waals surface area contributed by atoms with Gasteiger partial charge in [0.05, 0.1) is 18.2 Å². The van der Waals surface area contributed by atoms with Gasteiger partial charge in [-0.25, -0.2) is 0 Å². The van der Waals surface area contributed by atoms with E-state index in [2.05, 4.69) is 4.98 Å². The lowest BCUT2D eigenvalue weighted by atomic mass is 9.95. The minimum Gasteiger partial charge on any atom is -0.507 e. The van der Waals surface area contributed by atoms with Crippen LogP contribution in [0.4, 0.5) is 5.69 Å². The molecule has 0 bridgehead atoms. The summed E-state index contributed by atoms with van der Waals surface area (Å²) in [7, 11) is 0. The number of amides is 1. The molecular weight excluding hydrogens is 452 g/mol. The van der Waals surface area contributed by atoms with E-state index < -0.39 is 17.7 Å². The molecule has 3 aromatic rings. The summed E-state index contributed by atoms with van der Waals surface area (Å²) in [6, 6.07) is 13.0. The van der Waals surface area contributed by atoms with Gasteiger partial charge in [0.2, 0.25) is 0 Å². The van der Waals surface area contributed by atoms with E-state index in [-0.39, 0.29) is 11.3 Å². The molecule has 6 nitrogen and oxygen atoms in total. The number of hydrogen-bond acceptors (Lipinski definition) is 5. The summed E-state index contributed by atoms with van der Waals surface area (Å²) in [6.45, 7) is 6.33. The number of ketones is 1. The van der Waals surface area contributed by atoms with Gasteiger partial charge in [0.1, 0.15) is 11.5 Å². The highest BCUT2D eigenvalue weighted by Crippen LogP contribution is 2.43. The van der Waals surface area contributed by atoms with Gasteiger partial charge in [0.25, 0.3) is 11.7 Å². The van der Waals surface area contributed by atoms with Crippen LogP contribution in [-0.2, 0) is 9.59 Å². The van der Waals surface area contributed by atoms with Crippen LogP contribution in [0, 0.1) is 13.8 Å². The first-order valence-electron chi connectivity index (χ1n) is 11.0. The van der Waals surface area contributed by atoms with E-state index in [0.717, 1.165) is 17.5 Å². The fourth-order valence-corrected chi connectivity index (χ4v) is 4.19. The Morgan fingerprint density at radius 3 is 2.44 bits per heavy atom. The van der Waals surface area contributed by atoms with Crippen molar-refractivity contribution in [2.24, 2.45) is 0 Å². The molecule has 1 saturated heterocycles. The molecule has 0 aliphatic carbocycles. The summed E-state index contributed by atoms with van der Waals surface area (Å²) in [5.41, 5.74) is 3.22. The van der Waals surface area contributed by atoms with Crippen molar-refractivity contribution in [2.75, 3.05) is 11.5 Å². The molecule has 1 aliphatic rings. The number of benzene rings is 2. The van der Waals surface area contributed by atoms with E-state index in [9.17, 15) is 14.7 Å². The number of aliphatic hydroxyl groups is 1. The second-order valence-electron chi connectivity index (χ2n) is 8.21. The van der Waals surface area contributed by atoms with E-state index in [0.29, 0.717) is 34.2 Å². The van der Waals surface area contributed by atoms with Crippen molar-refractivity contribution in [3.05, 3.63) is 93.8 Å². The number of aryl methyl sites for hydroxylation is 2. The zero-order valence-electron chi connectivity index (χ0n) is 19.2. The van der Waals surface area contributed by atoms with Crippen LogP contribution in [0.1, 0.15) is 41.6 Å². The quantitative estimate of drug-likeness (QED) is 0.277. The van der Waals surface area contributed by atoms with Crippen molar-refractivity contribution >= 4 is 34.7 Å². The summed E-state index contributed by atoms with van der Waals surface area (Å²) in [5.74, 6) is -1.03. The van der Waals surface area contributed by atoms with Crippen molar-refractivity contribution in [3.63, 3.8) is 0 Å². The van der Waals surface area contributed by atoms with Crippen LogP contribution in [0.3, 0.4) is 0 Å². The van der Waals surface area contributed by atoms with Gasteiger partial charge in [-0.3, -0.25) is 19.5 Å². The fourth-order valence-electron chi connectivity index (χ4n) is 4.02. The molecule has 1 aromatic heterocycles. The Morgan fingerprint density at radius 2 is 1.79 bits per heavy atom. The SMILES string of the molecule is CCCOc1ccc(/C(O)=C2\C(=O)C(=O)N(c3ccc(C)c(Cl)c3)C2c2ccncc2)cc1C. The van der Waals surface area contributed by atoms with Gasteiger partial charge in [0, 0.05) is 28.7 Å². The van der Waals surface area contributed by atoms with Crippen LogP contribution in [0.25, 0.3) is 5.76 Å². The minimum absolute atomic E-state index is 0.00882. The van der Waals surface area contributed by atoms with Gasteiger partial charge < -0.3 is 9.84 Å². The molecule has 7 heteroatoms. The van der Waals surface area contributed by atoms with Gasteiger partial charge in [-0.1, -0.05) is 24.6 Å². The predicted octanol–water partition coefficient (Wildman–Crippen LogP) is 5.77. The molecule has 2 heterocycles. The number of rotatable bonds is 6. The van der Waals surface area contributed by atoms with Gasteiger partial charge >= 0.3 is 0 Å². The maximum absolute atomic E-state index is 13.3. The third-order valence-electron chi connectivity index (χ3n) is 5.81. The van der Waals surface area contributed by atoms with Gasteiger partial charge in [-0.05, 0) is 79.4 Å². The molecular formula is C27H25ClN2O4. The normalized spacial score (nSPS) is 17.3. The van der Waals surface area contributed by atoms with E-state index in [1.807, 2.05) is 20.8 Å². The van der Waals surface area contributed by atoms with Crippen LogP contribution in [0.2, 0.25) is 5.02 Å². The molecule has 1 aliphatic heterocycles. The number of halogens is 1. The Balaban J connectivity index is 1.87. The number of hydrogen-bond donors (Lipinski definition) is 1. The molecule has 1 N–H and O–H groups in total. The molecule has 1 atom stereocenters. The summed E-state index contributed by atoms with van der Waals surface area (Å²) in [5, 5.41) is 11.8. The number of carbonyl (C=O) groups is 2. The van der Waals surface area contributed by atoms with Crippen LogP contribution >= 0.6 is 11.6 Å². The number of aromatic nitrogens is 1. The first-order chi connectivity index (χ1) is 16.3. The highest BCUT2D eigenvalue weighted by molar-refractivity contribution is 6.51. The van der Waals surface area contributed by atoms with Gasteiger partial charge in [0.15, 0.2) is 0 Å². The minimum atomic E-state index is -0.835. The fraction of sp³-hybridized carbons (Fsp3) is 0.222. The molecule has 0 spiro atoms. The van der Waals surface area contributed by atoms with Crippen molar-refractivity contribution < 1.29 is 19.4 Å². The number of Topliss-reactive ketones (excluding diaryl/α,β-unsaturated/α-hetero) is 1. The summed E-state index contributed by atoms with van der Waals surface area (Å²) < 4.78 is 5.72. The third-order valence-corrected chi connectivity index (χ3v) is 6.22. The molecule has 0 saturated carbocycles. The summed E-state index contributed by atoms with van der Waals surface area (Å²) >= 11 is 6.33. The van der Waals surface area contributed by atoms with Crippen molar-refractivity contribution in [2.45, 2.75) is 33.2 Å².